The number of hydrogen-bond acceptors (Lipinski definition) is 4. The second-order valence-corrected chi connectivity index (χ2v) is 12.7. The van der Waals surface area contributed by atoms with Gasteiger partial charge in [-0.05, 0) is 61.4 Å². The summed E-state index contributed by atoms with van der Waals surface area (Å²) in [5.41, 5.74) is 2.16. The monoisotopic (exact) mass is 635 g/mol. The molecule has 4 aromatic carbocycles. The van der Waals surface area contributed by atoms with Crippen LogP contribution in [0.3, 0.4) is 0 Å². The van der Waals surface area contributed by atoms with E-state index in [1.165, 1.54) is 41.3 Å². The van der Waals surface area contributed by atoms with Crippen molar-refractivity contribution in [3.05, 3.63) is 131 Å². The number of nitrogens with zero attached hydrogens (tertiary/aromatic N) is 2. The molecule has 4 rings (SSSR count). The van der Waals surface area contributed by atoms with Crippen LogP contribution < -0.4 is 9.62 Å². The third kappa shape index (κ3) is 8.24. The van der Waals surface area contributed by atoms with Gasteiger partial charge >= 0.3 is 0 Å². The summed E-state index contributed by atoms with van der Waals surface area (Å²) in [5, 5.41) is 3.23. The van der Waals surface area contributed by atoms with Gasteiger partial charge in [-0.25, -0.2) is 12.8 Å². The minimum atomic E-state index is -4.26. The van der Waals surface area contributed by atoms with Crippen LogP contribution >= 0.6 is 11.6 Å². The zero-order valence-electron chi connectivity index (χ0n) is 24.6. The summed E-state index contributed by atoms with van der Waals surface area (Å²) in [7, 11) is -4.26. The second kappa shape index (κ2) is 15.0. The summed E-state index contributed by atoms with van der Waals surface area (Å²) in [6.07, 6.45) is 0.816. The second-order valence-electron chi connectivity index (χ2n) is 10.4. The molecule has 0 spiro atoms. The highest BCUT2D eigenvalue weighted by molar-refractivity contribution is 7.92. The lowest BCUT2D eigenvalue weighted by molar-refractivity contribution is -0.140. The summed E-state index contributed by atoms with van der Waals surface area (Å²) in [4.78, 5) is 29.2. The Morgan fingerprint density at radius 1 is 0.886 bits per heavy atom. The van der Waals surface area contributed by atoms with Crippen LogP contribution in [0, 0.1) is 12.7 Å². The lowest BCUT2D eigenvalue weighted by Crippen LogP contribution is -2.53. The Bertz CT molecular complexity index is 1670. The lowest BCUT2D eigenvalue weighted by Gasteiger charge is -2.34. The summed E-state index contributed by atoms with van der Waals surface area (Å²) < 4.78 is 44.0. The predicted octanol–water partition coefficient (Wildman–Crippen LogP) is 6.15. The maximum Gasteiger partial charge on any atom is 0.264 e. The van der Waals surface area contributed by atoms with E-state index in [0.717, 1.165) is 15.4 Å². The number of carbonyl (C=O) groups excluding carboxylic acids is 2. The average Bonchev–Trinajstić information content (AvgIpc) is 3.02. The zero-order chi connectivity index (χ0) is 31.7. The fraction of sp³-hybridized carbons (Fsp3) is 0.235. The van der Waals surface area contributed by atoms with E-state index in [1.807, 2.05) is 44.2 Å². The van der Waals surface area contributed by atoms with Crippen LogP contribution in [-0.2, 0) is 32.6 Å². The van der Waals surface area contributed by atoms with Crippen molar-refractivity contribution in [2.75, 3.05) is 17.4 Å². The van der Waals surface area contributed by atoms with Gasteiger partial charge in [-0.2, -0.15) is 0 Å². The molecule has 230 valence electrons. The summed E-state index contributed by atoms with van der Waals surface area (Å²) in [5.74, 6) is -1.62. The van der Waals surface area contributed by atoms with E-state index in [2.05, 4.69) is 5.32 Å². The van der Waals surface area contributed by atoms with E-state index in [9.17, 15) is 22.4 Å². The van der Waals surface area contributed by atoms with Crippen LogP contribution in [-0.4, -0.2) is 44.3 Å². The topological polar surface area (TPSA) is 86.8 Å². The summed E-state index contributed by atoms with van der Waals surface area (Å²) in [6, 6.07) is 26.6. The van der Waals surface area contributed by atoms with E-state index in [0.29, 0.717) is 18.0 Å². The van der Waals surface area contributed by atoms with Crippen LogP contribution in [0.4, 0.5) is 10.1 Å². The number of anilines is 1. The zero-order valence-corrected chi connectivity index (χ0v) is 26.2. The van der Waals surface area contributed by atoms with Gasteiger partial charge in [0.15, 0.2) is 0 Å². The minimum absolute atomic E-state index is 0.0579. The SMILES string of the molecule is CCCNC(=O)C(Cc1ccccc1)N(Cc1ccccc1F)C(=O)CN(c1ccc(C)cc1)S(=O)(=O)c1ccc(Cl)cc1. The van der Waals surface area contributed by atoms with Gasteiger partial charge in [0.1, 0.15) is 18.4 Å². The van der Waals surface area contributed by atoms with Gasteiger partial charge in [0.2, 0.25) is 11.8 Å². The number of nitrogens with one attached hydrogen (secondary N) is 1. The molecule has 0 bridgehead atoms. The number of rotatable bonds is 13. The number of benzene rings is 4. The van der Waals surface area contributed by atoms with Gasteiger partial charge in [-0.15, -0.1) is 0 Å². The highest BCUT2D eigenvalue weighted by atomic mass is 35.5. The molecule has 4 aromatic rings. The Balaban J connectivity index is 1.80. The fourth-order valence-electron chi connectivity index (χ4n) is 4.70. The van der Waals surface area contributed by atoms with Gasteiger partial charge in [-0.3, -0.25) is 13.9 Å². The van der Waals surface area contributed by atoms with Crippen LogP contribution in [0.1, 0.15) is 30.0 Å². The van der Waals surface area contributed by atoms with Crippen molar-refractivity contribution in [3.63, 3.8) is 0 Å². The van der Waals surface area contributed by atoms with Crippen LogP contribution in [0.2, 0.25) is 5.02 Å². The molecule has 44 heavy (non-hydrogen) atoms. The Labute approximate surface area is 263 Å². The first-order valence-corrected chi connectivity index (χ1v) is 16.1. The molecule has 1 N–H and O–H groups in total. The molecule has 10 heteroatoms. The molecule has 0 fully saturated rings. The average molecular weight is 636 g/mol. The molecular formula is C34H35ClFN3O4S. The standard InChI is InChI=1S/C34H35ClFN3O4S/c1-3-21-37-34(41)32(22-26-9-5-4-6-10-26)38(23-27-11-7-8-12-31(27)36)33(40)24-39(29-17-13-25(2)14-18-29)44(42,43)30-19-15-28(35)16-20-30/h4-20,32H,3,21-24H2,1-2H3,(H,37,41). The molecule has 0 aliphatic rings. The Morgan fingerprint density at radius 3 is 2.16 bits per heavy atom. The highest BCUT2D eigenvalue weighted by Gasteiger charge is 2.35. The van der Waals surface area contributed by atoms with E-state index in [-0.39, 0.29) is 29.1 Å². The van der Waals surface area contributed by atoms with Crippen molar-refractivity contribution in [3.8, 4) is 0 Å². The minimum Gasteiger partial charge on any atom is -0.354 e. The molecular weight excluding hydrogens is 601 g/mol. The molecule has 7 nitrogen and oxygen atoms in total. The number of hydrogen-bond donors (Lipinski definition) is 1. The third-order valence-corrected chi connectivity index (χ3v) is 9.16. The van der Waals surface area contributed by atoms with E-state index in [1.54, 1.807) is 36.4 Å². The van der Waals surface area contributed by atoms with Gasteiger partial charge in [0, 0.05) is 30.1 Å². The molecule has 0 aliphatic carbocycles. The van der Waals surface area contributed by atoms with Crippen molar-refractivity contribution in [1.82, 2.24) is 10.2 Å². The van der Waals surface area contributed by atoms with E-state index < -0.39 is 40.2 Å². The maximum atomic E-state index is 15.0. The molecule has 1 atom stereocenters. The number of sulfonamides is 1. The van der Waals surface area contributed by atoms with Crippen LogP contribution in [0.15, 0.2) is 108 Å². The number of carbonyl (C=O) groups is 2. The molecule has 0 aliphatic heterocycles. The Hall–Kier alpha value is -4.21. The van der Waals surface area contributed by atoms with E-state index in [4.69, 9.17) is 11.6 Å². The van der Waals surface area contributed by atoms with E-state index >= 15 is 0 Å². The molecule has 1 unspecified atom stereocenters. The normalized spacial score (nSPS) is 11.9. The summed E-state index contributed by atoms with van der Waals surface area (Å²) >= 11 is 6.02. The van der Waals surface area contributed by atoms with Crippen molar-refractivity contribution in [1.29, 1.82) is 0 Å². The Morgan fingerprint density at radius 2 is 1.52 bits per heavy atom. The quantitative estimate of drug-likeness (QED) is 0.191. The largest absolute Gasteiger partial charge is 0.354 e. The van der Waals surface area contributed by atoms with Crippen molar-refractivity contribution < 1.29 is 22.4 Å². The first kappa shape index (κ1) is 32.7. The van der Waals surface area contributed by atoms with Gasteiger partial charge in [-0.1, -0.05) is 84.8 Å². The molecule has 0 heterocycles. The van der Waals surface area contributed by atoms with Gasteiger partial charge < -0.3 is 10.2 Å². The van der Waals surface area contributed by atoms with Crippen molar-refractivity contribution in [2.24, 2.45) is 0 Å². The van der Waals surface area contributed by atoms with Gasteiger partial charge in [0.05, 0.1) is 10.6 Å². The number of halogens is 2. The van der Waals surface area contributed by atoms with Crippen molar-refractivity contribution >= 4 is 39.1 Å². The fourth-order valence-corrected chi connectivity index (χ4v) is 6.24. The number of aryl methyl sites for hydroxylation is 1. The maximum absolute atomic E-state index is 15.0. The smallest absolute Gasteiger partial charge is 0.264 e. The predicted molar refractivity (Wildman–Crippen MR) is 171 cm³/mol. The first-order valence-electron chi connectivity index (χ1n) is 14.3. The van der Waals surface area contributed by atoms with Crippen LogP contribution in [0.5, 0.6) is 0 Å². The molecule has 0 aromatic heterocycles. The Kier molecular flexibility index (Phi) is 11.1. The van der Waals surface area contributed by atoms with Crippen molar-refractivity contribution in [2.45, 2.75) is 44.2 Å². The molecule has 2 amide bonds. The van der Waals surface area contributed by atoms with Gasteiger partial charge in [0.25, 0.3) is 10.0 Å². The first-order chi connectivity index (χ1) is 21.1. The van der Waals surface area contributed by atoms with Crippen LogP contribution in [0.25, 0.3) is 0 Å². The lowest BCUT2D eigenvalue weighted by atomic mass is 10.0. The third-order valence-electron chi connectivity index (χ3n) is 7.12. The molecule has 0 radical (unpaired) electrons. The molecule has 0 saturated carbocycles. The molecule has 0 saturated heterocycles. The highest BCUT2D eigenvalue weighted by Crippen LogP contribution is 2.26. The summed E-state index contributed by atoms with van der Waals surface area (Å²) in [6.45, 7) is 3.29. The number of amides is 2.